The molecule has 0 atom stereocenters. The van der Waals surface area contributed by atoms with Gasteiger partial charge >= 0.3 is 0 Å². The first-order valence-electron chi connectivity index (χ1n) is 8.79. The van der Waals surface area contributed by atoms with E-state index >= 15 is 0 Å². The maximum absolute atomic E-state index is 12.2. The van der Waals surface area contributed by atoms with Gasteiger partial charge in [0.2, 0.25) is 0 Å². The van der Waals surface area contributed by atoms with Crippen molar-refractivity contribution in [2.75, 3.05) is 6.61 Å². The second-order valence-electron chi connectivity index (χ2n) is 5.99. The molecule has 3 rings (SSSR count). The van der Waals surface area contributed by atoms with Gasteiger partial charge in [-0.2, -0.15) is 5.10 Å². The fraction of sp³-hybridized carbons (Fsp3) is 0.190. The van der Waals surface area contributed by atoms with E-state index in [2.05, 4.69) is 22.4 Å². The van der Waals surface area contributed by atoms with Gasteiger partial charge in [-0.3, -0.25) is 4.79 Å². The number of para-hydroxylation sites is 1. The predicted molar refractivity (Wildman–Crippen MR) is 109 cm³/mol. The fourth-order valence-corrected chi connectivity index (χ4v) is 2.66. The molecule has 0 saturated heterocycles. The Balaban J connectivity index is 1.62. The van der Waals surface area contributed by atoms with Crippen molar-refractivity contribution < 1.29 is 9.53 Å². The van der Waals surface area contributed by atoms with Gasteiger partial charge in [0.05, 0.1) is 18.3 Å². The van der Waals surface area contributed by atoms with Crippen molar-refractivity contribution in [3.8, 4) is 5.75 Å². The lowest BCUT2D eigenvalue weighted by Crippen LogP contribution is -2.17. The number of unbranched alkanes of at least 4 members (excludes halogenated alkanes) is 1. The topological polar surface area (TPSA) is 63.6 Å². The van der Waals surface area contributed by atoms with Crippen LogP contribution in [0.4, 0.5) is 0 Å². The molecule has 0 aliphatic rings. The van der Waals surface area contributed by atoms with Gasteiger partial charge in [0.15, 0.2) is 0 Å². The fourth-order valence-electron chi connectivity index (χ4n) is 2.46. The van der Waals surface area contributed by atoms with Gasteiger partial charge in [0, 0.05) is 16.5 Å². The van der Waals surface area contributed by atoms with E-state index < -0.39 is 0 Å². The van der Waals surface area contributed by atoms with Gasteiger partial charge < -0.3 is 4.74 Å². The van der Waals surface area contributed by atoms with Crippen LogP contribution in [0.15, 0.2) is 59.7 Å². The Labute approximate surface area is 163 Å². The molecule has 0 aliphatic carbocycles. The summed E-state index contributed by atoms with van der Waals surface area (Å²) in [6.07, 6.45) is 3.57. The largest absolute Gasteiger partial charge is 0.494 e. The van der Waals surface area contributed by atoms with Crippen molar-refractivity contribution in [1.82, 2.24) is 10.4 Å². The monoisotopic (exact) mass is 381 g/mol. The molecule has 3 aromatic rings. The third-order valence-electron chi connectivity index (χ3n) is 3.96. The first-order chi connectivity index (χ1) is 13.2. The number of carbonyl (C=O) groups excluding carboxylic acids is 1. The van der Waals surface area contributed by atoms with E-state index in [1.54, 1.807) is 24.3 Å². The zero-order valence-electron chi connectivity index (χ0n) is 15.0. The van der Waals surface area contributed by atoms with E-state index in [0.29, 0.717) is 22.9 Å². The number of amides is 1. The first kappa shape index (κ1) is 18.9. The van der Waals surface area contributed by atoms with Crippen molar-refractivity contribution in [2.45, 2.75) is 19.8 Å². The zero-order valence-corrected chi connectivity index (χ0v) is 15.7. The summed E-state index contributed by atoms with van der Waals surface area (Å²) in [5.41, 5.74) is 4.44. The molecule has 1 aromatic heterocycles. The number of ether oxygens (including phenoxy) is 1. The van der Waals surface area contributed by atoms with Crippen LogP contribution in [0.5, 0.6) is 5.75 Å². The van der Waals surface area contributed by atoms with Gasteiger partial charge in [-0.25, -0.2) is 10.4 Å². The lowest BCUT2D eigenvalue weighted by molar-refractivity contribution is 0.0955. The molecule has 0 fully saturated rings. The summed E-state index contributed by atoms with van der Waals surface area (Å²) in [7, 11) is 0. The van der Waals surface area contributed by atoms with E-state index in [-0.39, 0.29) is 5.91 Å². The minimum absolute atomic E-state index is 0.309. The molecule has 1 N–H and O–H groups in total. The highest BCUT2D eigenvalue weighted by Gasteiger charge is 2.06. The average Bonchev–Trinajstić information content (AvgIpc) is 2.69. The standard InChI is InChI=1S/C21H20ClN3O2/c1-2-3-12-27-18-10-8-15(9-11-18)21(26)25-23-14-17-13-16-6-4-5-7-19(16)24-20(17)22/h4-11,13-14H,2-3,12H2,1H3,(H,25,26). The van der Waals surface area contributed by atoms with Crippen LogP contribution >= 0.6 is 11.6 Å². The summed E-state index contributed by atoms with van der Waals surface area (Å²) in [5.74, 6) is 0.439. The number of benzene rings is 2. The second kappa shape index (κ2) is 9.14. The van der Waals surface area contributed by atoms with Crippen LogP contribution in [0.1, 0.15) is 35.7 Å². The molecule has 6 heteroatoms. The van der Waals surface area contributed by atoms with Crippen LogP contribution in [0.25, 0.3) is 10.9 Å². The van der Waals surface area contributed by atoms with Crippen molar-refractivity contribution in [2.24, 2.45) is 5.10 Å². The van der Waals surface area contributed by atoms with Crippen LogP contribution in [0.2, 0.25) is 5.15 Å². The average molecular weight is 382 g/mol. The highest BCUT2D eigenvalue weighted by Crippen LogP contribution is 2.19. The second-order valence-corrected chi connectivity index (χ2v) is 6.34. The van der Waals surface area contributed by atoms with Crippen LogP contribution in [0.3, 0.4) is 0 Å². The van der Waals surface area contributed by atoms with Crippen LogP contribution in [-0.4, -0.2) is 23.7 Å². The van der Waals surface area contributed by atoms with Crippen molar-refractivity contribution >= 4 is 34.6 Å². The Morgan fingerprint density at radius 1 is 1.22 bits per heavy atom. The smallest absolute Gasteiger partial charge is 0.271 e. The quantitative estimate of drug-likeness (QED) is 0.276. The predicted octanol–water partition coefficient (Wildman–Crippen LogP) is 4.83. The number of nitrogens with one attached hydrogen (secondary N) is 1. The third kappa shape index (κ3) is 5.05. The molecule has 138 valence electrons. The Hall–Kier alpha value is -2.92. The Morgan fingerprint density at radius 2 is 2.00 bits per heavy atom. The number of hydrogen-bond donors (Lipinski definition) is 1. The summed E-state index contributed by atoms with van der Waals surface area (Å²) in [5, 5.41) is 5.27. The van der Waals surface area contributed by atoms with Crippen molar-refractivity contribution in [1.29, 1.82) is 0 Å². The Bertz CT molecular complexity index is 955. The number of hydrazone groups is 1. The van der Waals surface area contributed by atoms with Crippen molar-refractivity contribution in [3.05, 3.63) is 70.9 Å². The molecule has 0 unspecified atom stereocenters. The van der Waals surface area contributed by atoms with E-state index in [1.807, 2.05) is 30.3 Å². The molecule has 1 amide bonds. The molecular formula is C21H20ClN3O2. The Kier molecular flexibility index (Phi) is 6.39. The highest BCUT2D eigenvalue weighted by molar-refractivity contribution is 6.32. The molecular weight excluding hydrogens is 362 g/mol. The number of nitrogens with zero attached hydrogens (tertiary/aromatic N) is 2. The maximum Gasteiger partial charge on any atom is 0.271 e. The number of rotatable bonds is 7. The van der Waals surface area contributed by atoms with Gasteiger partial charge in [-0.15, -0.1) is 0 Å². The van der Waals surface area contributed by atoms with E-state index in [9.17, 15) is 4.79 Å². The van der Waals surface area contributed by atoms with Crippen LogP contribution in [0, 0.1) is 0 Å². The van der Waals surface area contributed by atoms with E-state index in [1.165, 1.54) is 6.21 Å². The number of pyridine rings is 1. The zero-order chi connectivity index (χ0) is 19.1. The summed E-state index contributed by atoms with van der Waals surface area (Å²) < 4.78 is 5.59. The van der Waals surface area contributed by atoms with Gasteiger partial charge in [0.25, 0.3) is 5.91 Å². The molecule has 0 bridgehead atoms. The third-order valence-corrected chi connectivity index (χ3v) is 4.26. The molecule has 0 radical (unpaired) electrons. The van der Waals surface area contributed by atoms with Gasteiger partial charge in [-0.05, 0) is 42.8 Å². The minimum Gasteiger partial charge on any atom is -0.494 e. The number of fused-ring (bicyclic) bond motifs is 1. The lowest BCUT2D eigenvalue weighted by Gasteiger charge is -2.06. The van der Waals surface area contributed by atoms with Crippen LogP contribution < -0.4 is 10.2 Å². The van der Waals surface area contributed by atoms with E-state index in [4.69, 9.17) is 16.3 Å². The molecule has 0 aliphatic heterocycles. The molecule has 0 spiro atoms. The lowest BCUT2D eigenvalue weighted by atomic mass is 10.2. The molecule has 27 heavy (non-hydrogen) atoms. The van der Waals surface area contributed by atoms with Gasteiger partial charge in [0.1, 0.15) is 10.9 Å². The van der Waals surface area contributed by atoms with E-state index in [0.717, 1.165) is 29.5 Å². The SMILES string of the molecule is CCCCOc1ccc(C(=O)NN=Cc2cc3ccccc3nc2Cl)cc1. The summed E-state index contributed by atoms with van der Waals surface area (Å²) in [6, 6.07) is 16.5. The van der Waals surface area contributed by atoms with Crippen LogP contribution in [-0.2, 0) is 0 Å². The number of carbonyl (C=O) groups is 1. The number of hydrogen-bond acceptors (Lipinski definition) is 4. The van der Waals surface area contributed by atoms with Gasteiger partial charge in [-0.1, -0.05) is 43.1 Å². The minimum atomic E-state index is -0.309. The first-order valence-corrected chi connectivity index (χ1v) is 9.16. The molecule has 0 saturated carbocycles. The summed E-state index contributed by atoms with van der Waals surface area (Å²) >= 11 is 6.18. The highest BCUT2D eigenvalue weighted by atomic mass is 35.5. The number of halogens is 1. The normalized spacial score (nSPS) is 11.0. The molecule has 5 nitrogen and oxygen atoms in total. The summed E-state index contributed by atoms with van der Waals surface area (Å²) in [4.78, 5) is 16.5. The molecule has 1 heterocycles. The maximum atomic E-state index is 12.2. The Morgan fingerprint density at radius 3 is 2.78 bits per heavy atom. The van der Waals surface area contributed by atoms with Crippen molar-refractivity contribution in [3.63, 3.8) is 0 Å². The molecule has 2 aromatic carbocycles. The summed E-state index contributed by atoms with van der Waals surface area (Å²) in [6.45, 7) is 2.78. The number of aromatic nitrogens is 1.